The molecule has 2 aromatic carbocycles. The molecule has 3 rings (SSSR count). The molecule has 2 N–H and O–H groups in total. The number of halogens is 1. The van der Waals surface area contributed by atoms with E-state index in [0.717, 1.165) is 29.9 Å². The minimum Gasteiger partial charge on any atom is -0.484 e. The Morgan fingerprint density at radius 3 is 2.69 bits per heavy atom. The summed E-state index contributed by atoms with van der Waals surface area (Å²) in [5, 5.41) is 7.17. The van der Waals surface area contributed by atoms with Crippen molar-refractivity contribution in [2.45, 2.75) is 36.0 Å². The summed E-state index contributed by atoms with van der Waals surface area (Å²) in [5.41, 5.74) is 3.33. The molecule has 2 amide bonds. The third-order valence-electron chi connectivity index (χ3n) is 4.69. The fourth-order valence-corrected chi connectivity index (χ4v) is 3.90. The van der Waals surface area contributed by atoms with Crippen molar-refractivity contribution in [2.75, 3.05) is 19.8 Å². The molecule has 0 spiro atoms. The molecule has 9 heteroatoms. The van der Waals surface area contributed by atoms with Gasteiger partial charge in [-0.05, 0) is 73.9 Å². The fourth-order valence-electron chi connectivity index (χ4n) is 2.92. The monoisotopic (exact) mass is 475 g/mol. The van der Waals surface area contributed by atoms with Crippen LogP contribution in [0.5, 0.6) is 5.75 Å². The first-order valence-electron chi connectivity index (χ1n) is 10.4. The maximum atomic E-state index is 12.2. The molecule has 0 saturated carbocycles. The predicted molar refractivity (Wildman–Crippen MR) is 126 cm³/mol. The number of nitrogens with one attached hydrogen (secondary N) is 2. The van der Waals surface area contributed by atoms with E-state index in [1.165, 1.54) is 11.8 Å². The van der Waals surface area contributed by atoms with Crippen LogP contribution in [-0.4, -0.2) is 49.1 Å². The number of amides is 2. The molecular weight excluding hydrogens is 450 g/mol. The van der Waals surface area contributed by atoms with Crippen molar-refractivity contribution in [1.29, 1.82) is 0 Å². The number of hydrogen-bond acceptors (Lipinski definition) is 6. The molecule has 1 saturated heterocycles. The summed E-state index contributed by atoms with van der Waals surface area (Å²) < 4.78 is 11.0. The number of ether oxygens (including phenoxy) is 2. The molecule has 0 unspecified atom stereocenters. The Balaban J connectivity index is 1.37. The molecule has 0 radical (unpaired) electrons. The van der Waals surface area contributed by atoms with E-state index in [0.29, 0.717) is 17.3 Å². The summed E-state index contributed by atoms with van der Waals surface area (Å²) >= 11 is 7.30. The molecule has 1 aliphatic rings. The predicted octanol–water partition coefficient (Wildman–Crippen LogP) is 3.64. The van der Waals surface area contributed by atoms with Gasteiger partial charge in [-0.2, -0.15) is 5.10 Å². The van der Waals surface area contributed by atoms with Crippen molar-refractivity contribution < 1.29 is 19.1 Å². The molecule has 170 valence electrons. The molecule has 32 heavy (non-hydrogen) atoms. The molecule has 7 nitrogen and oxygen atoms in total. The molecule has 0 aliphatic carbocycles. The van der Waals surface area contributed by atoms with E-state index in [1.54, 1.807) is 42.6 Å². The van der Waals surface area contributed by atoms with E-state index >= 15 is 0 Å². The van der Waals surface area contributed by atoms with Crippen molar-refractivity contribution in [3.63, 3.8) is 0 Å². The van der Waals surface area contributed by atoms with Crippen LogP contribution in [0.3, 0.4) is 0 Å². The maximum Gasteiger partial charge on any atom is 0.258 e. The smallest absolute Gasteiger partial charge is 0.258 e. The Hall–Kier alpha value is -2.55. The fraction of sp³-hybridized carbons (Fsp3) is 0.348. The van der Waals surface area contributed by atoms with Crippen LogP contribution in [0, 0.1) is 0 Å². The third kappa shape index (κ3) is 8.18. The second-order valence-electron chi connectivity index (χ2n) is 7.25. The highest BCUT2D eigenvalue weighted by Crippen LogP contribution is 2.24. The summed E-state index contributed by atoms with van der Waals surface area (Å²) in [6.07, 6.45) is 3.68. The number of hydrazone groups is 1. The Morgan fingerprint density at radius 2 is 2.00 bits per heavy atom. The van der Waals surface area contributed by atoms with E-state index < -0.39 is 0 Å². The molecule has 0 bridgehead atoms. The number of thioether (sulfide) groups is 1. The Morgan fingerprint density at radius 1 is 1.25 bits per heavy atom. The highest BCUT2D eigenvalue weighted by molar-refractivity contribution is 8.00. The van der Waals surface area contributed by atoms with Gasteiger partial charge in [0.05, 0.1) is 17.6 Å². The highest BCUT2D eigenvalue weighted by Gasteiger charge is 2.16. The first-order chi connectivity index (χ1) is 15.5. The van der Waals surface area contributed by atoms with Gasteiger partial charge in [0.2, 0.25) is 0 Å². The molecule has 0 aromatic heterocycles. The van der Waals surface area contributed by atoms with Gasteiger partial charge in [0, 0.05) is 23.1 Å². The topological polar surface area (TPSA) is 89.0 Å². The number of carbonyl (C=O) groups is 2. The normalized spacial score (nSPS) is 16.6. The lowest BCUT2D eigenvalue weighted by molar-refractivity contribution is -0.123. The number of hydrogen-bond donors (Lipinski definition) is 2. The molecular formula is C23H26ClN3O4S. The zero-order chi connectivity index (χ0) is 22.8. The van der Waals surface area contributed by atoms with Gasteiger partial charge >= 0.3 is 0 Å². The molecule has 1 fully saturated rings. The van der Waals surface area contributed by atoms with Gasteiger partial charge in [-0.15, -0.1) is 11.8 Å². The molecule has 1 heterocycles. The van der Waals surface area contributed by atoms with E-state index in [-0.39, 0.29) is 29.8 Å². The third-order valence-corrected chi connectivity index (χ3v) is 6.05. The SMILES string of the molecule is C[C@@H](Sc1ccc(Cl)cc1)C(=O)N/N=C\c1ccc(OCC(=O)NC[C@H]2CCCO2)cc1. The highest BCUT2D eigenvalue weighted by atomic mass is 35.5. The lowest BCUT2D eigenvalue weighted by Gasteiger charge is -2.11. The summed E-state index contributed by atoms with van der Waals surface area (Å²) in [7, 11) is 0. The first kappa shape index (κ1) is 24.1. The van der Waals surface area contributed by atoms with E-state index in [1.807, 2.05) is 19.1 Å². The van der Waals surface area contributed by atoms with Crippen LogP contribution >= 0.6 is 23.4 Å². The van der Waals surface area contributed by atoms with Crippen molar-refractivity contribution in [3.8, 4) is 5.75 Å². The van der Waals surface area contributed by atoms with Crippen molar-refractivity contribution >= 4 is 41.4 Å². The summed E-state index contributed by atoms with van der Waals surface area (Å²) in [5.74, 6) is 0.195. The van der Waals surface area contributed by atoms with Crippen LogP contribution in [-0.2, 0) is 14.3 Å². The average molecular weight is 476 g/mol. The van der Waals surface area contributed by atoms with Crippen molar-refractivity contribution in [2.24, 2.45) is 5.10 Å². The second kappa shape index (κ2) is 12.5. The van der Waals surface area contributed by atoms with Gasteiger partial charge in [0.1, 0.15) is 5.75 Å². The number of carbonyl (C=O) groups excluding carboxylic acids is 2. The van der Waals surface area contributed by atoms with Crippen LogP contribution in [0.25, 0.3) is 0 Å². The van der Waals surface area contributed by atoms with Gasteiger partial charge in [-0.25, -0.2) is 5.43 Å². The van der Waals surface area contributed by atoms with Crippen molar-refractivity contribution in [1.82, 2.24) is 10.7 Å². The van der Waals surface area contributed by atoms with Gasteiger partial charge in [0.15, 0.2) is 6.61 Å². The van der Waals surface area contributed by atoms with E-state index in [9.17, 15) is 9.59 Å². The summed E-state index contributed by atoms with van der Waals surface area (Å²) in [6, 6.07) is 14.4. The zero-order valence-electron chi connectivity index (χ0n) is 17.8. The number of rotatable bonds is 10. The Labute approximate surface area is 196 Å². The summed E-state index contributed by atoms with van der Waals surface area (Å²) in [6.45, 7) is 3.03. The Bertz CT molecular complexity index is 916. The lowest BCUT2D eigenvalue weighted by Crippen LogP contribution is -2.35. The maximum absolute atomic E-state index is 12.2. The van der Waals surface area contributed by atoms with Gasteiger partial charge < -0.3 is 14.8 Å². The van der Waals surface area contributed by atoms with Crippen LogP contribution in [0.1, 0.15) is 25.3 Å². The number of benzene rings is 2. The number of nitrogens with zero attached hydrogens (tertiary/aromatic N) is 1. The van der Waals surface area contributed by atoms with Crippen molar-refractivity contribution in [3.05, 3.63) is 59.1 Å². The van der Waals surface area contributed by atoms with Gasteiger partial charge in [-0.1, -0.05) is 11.6 Å². The minimum atomic E-state index is -0.310. The first-order valence-corrected chi connectivity index (χ1v) is 11.6. The lowest BCUT2D eigenvalue weighted by atomic mass is 10.2. The Kier molecular flexibility index (Phi) is 9.40. The molecule has 2 aromatic rings. The van der Waals surface area contributed by atoms with Gasteiger partial charge in [0.25, 0.3) is 11.8 Å². The van der Waals surface area contributed by atoms with Crippen LogP contribution in [0.2, 0.25) is 5.02 Å². The van der Waals surface area contributed by atoms with E-state index in [4.69, 9.17) is 21.1 Å². The standard InChI is InChI=1S/C23H26ClN3O4S/c1-16(32-21-10-6-18(24)7-11-21)23(29)27-26-13-17-4-8-19(9-5-17)31-15-22(28)25-14-20-3-2-12-30-20/h4-11,13,16,20H,2-3,12,14-15H2,1H3,(H,25,28)(H,27,29)/b26-13-/t16-,20-/m1/s1. The molecule has 1 aliphatic heterocycles. The van der Waals surface area contributed by atoms with Gasteiger partial charge in [-0.3, -0.25) is 9.59 Å². The largest absolute Gasteiger partial charge is 0.484 e. The van der Waals surface area contributed by atoms with E-state index in [2.05, 4.69) is 15.8 Å². The second-order valence-corrected chi connectivity index (χ2v) is 9.10. The quantitative estimate of drug-likeness (QED) is 0.311. The molecule has 2 atom stereocenters. The minimum absolute atomic E-state index is 0.0562. The summed E-state index contributed by atoms with van der Waals surface area (Å²) in [4.78, 5) is 25.0. The van der Waals surface area contributed by atoms with Crippen LogP contribution in [0.4, 0.5) is 0 Å². The van der Waals surface area contributed by atoms with Crippen LogP contribution < -0.4 is 15.5 Å². The van der Waals surface area contributed by atoms with Crippen LogP contribution in [0.15, 0.2) is 58.5 Å². The zero-order valence-corrected chi connectivity index (χ0v) is 19.3. The average Bonchev–Trinajstić information content (AvgIpc) is 3.32.